The third-order valence-corrected chi connectivity index (χ3v) is 3.31. The lowest BCUT2D eigenvalue weighted by atomic mass is 10.0. The third kappa shape index (κ3) is 5.00. The molecule has 6 heteroatoms. The largest absolute Gasteiger partial charge is 0.444 e. The van der Waals surface area contributed by atoms with Gasteiger partial charge >= 0.3 is 6.09 Å². The number of likely N-dealkylation sites (N-methyl/N-ethyl adjacent to an activating group) is 1. The van der Waals surface area contributed by atoms with Gasteiger partial charge in [-0.15, -0.1) is 0 Å². The van der Waals surface area contributed by atoms with Crippen molar-refractivity contribution in [3.8, 4) is 0 Å². The predicted molar refractivity (Wildman–Crippen MR) is 77.3 cm³/mol. The van der Waals surface area contributed by atoms with Gasteiger partial charge in [-0.2, -0.15) is 0 Å². The average molecular weight is 285 g/mol. The van der Waals surface area contributed by atoms with Crippen LogP contribution in [0, 0.1) is 0 Å². The van der Waals surface area contributed by atoms with Crippen LogP contribution in [0.4, 0.5) is 4.79 Å². The SMILES string of the molecule is CN(C[C@@H]1CCCCN1C(=O)CN)C(=O)OC(C)(C)C. The highest BCUT2D eigenvalue weighted by atomic mass is 16.6. The van der Waals surface area contributed by atoms with Crippen molar-refractivity contribution in [2.45, 2.75) is 51.7 Å². The van der Waals surface area contributed by atoms with E-state index >= 15 is 0 Å². The van der Waals surface area contributed by atoms with Gasteiger partial charge in [-0.05, 0) is 40.0 Å². The number of nitrogens with two attached hydrogens (primary N) is 1. The van der Waals surface area contributed by atoms with E-state index in [0.717, 1.165) is 25.8 Å². The zero-order valence-electron chi connectivity index (χ0n) is 13.0. The fraction of sp³-hybridized carbons (Fsp3) is 0.857. The van der Waals surface area contributed by atoms with E-state index < -0.39 is 5.60 Å². The molecular weight excluding hydrogens is 258 g/mol. The molecule has 0 aromatic rings. The summed E-state index contributed by atoms with van der Waals surface area (Å²) >= 11 is 0. The first-order valence-corrected chi connectivity index (χ1v) is 7.18. The Morgan fingerprint density at radius 2 is 2.00 bits per heavy atom. The molecule has 0 bridgehead atoms. The van der Waals surface area contributed by atoms with E-state index in [9.17, 15) is 9.59 Å². The fourth-order valence-electron chi connectivity index (χ4n) is 2.37. The van der Waals surface area contributed by atoms with Gasteiger partial charge in [0.1, 0.15) is 5.60 Å². The molecule has 0 saturated carbocycles. The monoisotopic (exact) mass is 285 g/mol. The van der Waals surface area contributed by atoms with Gasteiger partial charge in [-0.25, -0.2) is 4.79 Å². The second-order valence-corrected chi connectivity index (χ2v) is 6.30. The van der Waals surface area contributed by atoms with E-state index in [1.807, 2.05) is 20.8 Å². The molecular formula is C14H27N3O3. The highest BCUT2D eigenvalue weighted by Crippen LogP contribution is 2.18. The minimum atomic E-state index is -0.509. The number of piperidine rings is 1. The van der Waals surface area contributed by atoms with Crippen molar-refractivity contribution < 1.29 is 14.3 Å². The van der Waals surface area contributed by atoms with Crippen molar-refractivity contribution in [3.63, 3.8) is 0 Å². The molecule has 1 fully saturated rings. The first kappa shape index (κ1) is 16.8. The summed E-state index contributed by atoms with van der Waals surface area (Å²) < 4.78 is 5.32. The van der Waals surface area contributed by atoms with Crippen LogP contribution in [0.25, 0.3) is 0 Å². The number of amides is 2. The lowest BCUT2D eigenvalue weighted by Gasteiger charge is -2.38. The van der Waals surface area contributed by atoms with Crippen molar-refractivity contribution >= 4 is 12.0 Å². The Kier molecular flexibility index (Phi) is 5.80. The van der Waals surface area contributed by atoms with Crippen LogP contribution < -0.4 is 5.73 Å². The Balaban J connectivity index is 2.60. The molecule has 116 valence electrons. The minimum absolute atomic E-state index is 0.0205. The molecule has 1 saturated heterocycles. The van der Waals surface area contributed by atoms with E-state index in [-0.39, 0.29) is 24.6 Å². The van der Waals surface area contributed by atoms with Crippen LogP contribution in [0.3, 0.4) is 0 Å². The molecule has 0 aliphatic carbocycles. The molecule has 1 aliphatic heterocycles. The van der Waals surface area contributed by atoms with Crippen molar-refractivity contribution in [2.24, 2.45) is 5.73 Å². The lowest BCUT2D eigenvalue weighted by molar-refractivity contribution is -0.133. The highest BCUT2D eigenvalue weighted by Gasteiger charge is 2.29. The zero-order valence-corrected chi connectivity index (χ0v) is 13.0. The van der Waals surface area contributed by atoms with Gasteiger partial charge in [0.15, 0.2) is 0 Å². The number of hydrogen-bond acceptors (Lipinski definition) is 4. The summed E-state index contributed by atoms with van der Waals surface area (Å²) in [5.41, 5.74) is 4.93. The smallest absolute Gasteiger partial charge is 0.410 e. The number of nitrogens with zero attached hydrogens (tertiary/aromatic N) is 2. The van der Waals surface area contributed by atoms with E-state index in [2.05, 4.69) is 0 Å². The summed E-state index contributed by atoms with van der Waals surface area (Å²) in [5.74, 6) is -0.0488. The number of likely N-dealkylation sites (tertiary alicyclic amines) is 1. The van der Waals surface area contributed by atoms with Gasteiger partial charge in [-0.3, -0.25) is 4.79 Å². The zero-order chi connectivity index (χ0) is 15.3. The molecule has 6 nitrogen and oxygen atoms in total. The van der Waals surface area contributed by atoms with Gasteiger partial charge in [0.05, 0.1) is 6.54 Å². The predicted octanol–water partition coefficient (Wildman–Crippen LogP) is 1.19. The topological polar surface area (TPSA) is 75.9 Å². The third-order valence-electron chi connectivity index (χ3n) is 3.31. The molecule has 0 aromatic carbocycles. The normalized spacial score (nSPS) is 19.6. The first-order chi connectivity index (χ1) is 9.24. The molecule has 2 N–H and O–H groups in total. The summed E-state index contributed by atoms with van der Waals surface area (Å²) in [7, 11) is 1.70. The highest BCUT2D eigenvalue weighted by molar-refractivity contribution is 5.78. The van der Waals surface area contributed by atoms with Crippen molar-refractivity contribution in [2.75, 3.05) is 26.7 Å². The molecule has 0 unspecified atom stereocenters. The Morgan fingerprint density at radius 3 is 2.55 bits per heavy atom. The quantitative estimate of drug-likeness (QED) is 0.845. The van der Waals surface area contributed by atoms with Gasteiger partial charge in [-0.1, -0.05) is 0 Å². The summed E-state index contributed by atoms with van der Waals surface area (Å²) in [4.78, 5) is 27.1. The molecule has 1 aliphatic rings. The van der Waals surface area contributed by atoms with Crippen LogP contribution in [0.1, 0.15) is 40.0 Å². The second-order valence-electron chi connectivity index (χ2n) is 6.30. The molecule has 1 atom stereocenters. The summed E-state index contributed by atoms with van der Waals surface area (Å²) in [6.45, 7) is 6.74. The molecule has 0 radical (unpaired) electrons. The van der Waals surface area contributed by atoms with Gasteiger partial charge in [0, 0.05) is 26.2 Å². The van der Waals surface area contributed by atoms with Gasteiger partial charge < -0.3 is 20.3 Å². The maximum atomic E-state index is 12.0. The average Bonchev–Trinajstić information content (AvgIpc) is 2.36. The molecule has 2 amide bonds. The summed E-state index contributed by atoms with van der Waals surface area (Å²) in [6, 6.07) is 0.0392. The second kappa shape index (κ2) is 6.92. The van der Waals surface area contributed by atoms with E-state index in [4.69, 9.17) is 10.5 Å². The fourth-order valence-corrected chi connectivity index (χ4v) is 2.37. The van der Waals surface area contributed by atoms with Crippen LogP contribution in [-0.4, -0.2) is 60.1 Å². The number of hydrogen-bond donors (Lipinski definition) is 1. The van der Waals surface area contributed by atoms with Crippen LogP contribution in [0.5, 0.6) is 0 Å². The van der Waals surface area contributed by atoms with Gasteiger partial charge in [0.25, 0.3) is 0 Å². The number of ether oxygens (including phenoxy) is 1. The van der Waals surface area contributed by atoms with Crippen molar-refractivity contribution in [3.05, 3.63) is 0 Å². The minimum Gasteiger partial charge on any atom is -0.444 e. The molecule has 0 aromatic heterocycles. The molecule has 0 spiro atoms. The number of carbonyl (C=O) groups excluding carboxylic acids is 2. The van der Waals surface area contributed by atoms with Crippen molar-refractivity contribution in [1.82, 2.24) is 9.80 Å². The Labute approximate surface area is 121 Å². The lowest BCUT2D eigenvalue weighted by Crippen LogP contribution is -2.51. The van der Waals surface area contributed by atoms with Gasteiger partial charge in [0.2, 0.25) is 5.91 Å². The summed E-state index contributed by atoms with van der Waals surface area (Å²) in [6.07, 6.45) is 2.61. The Hall–Kier alpha value is -1.30. The Bertz CT molecular complexity index is 352. The van der Waals surface area contributed by atoms with Crippen LogP contribution >= 0.6 is 0 Å². The van der Waals surface area contributed by atoms with E-state index in [1.165, 1.54) is 4.90 Å². The van der Waals surface area contributed by atoms with Crippen molar-refractivity contribution in [1.29, 1.82) is 0 Å². The Morgan fingerprint density at radius 1 is 1.35 bits per heavy atom. The van der Waals surface area contributed by atoms with E-state index in [1.54, 1.807) is 11.9 Å². The van der Waals surface area contributed by atoms with Crippen LogP contribution in [0.15, 0.2) is 0 Å². The standard InChI is InChI=1S/C14H27N3O3/c1-14(2,3)20-13(19)16(4)10-11-7-5-6-8-17(11)12(18)9-15/h11H,5-10,15H2,1-4H3/t11-/m0/s1. The molecule has 20 heavy (non-hydrogen) atoms. The number of carbonyl (C=O) groups is 2. The van der Waals surface area contributed by atoms with Crippen LogP contribution in [0.2, 0.25) is 0 Å². The van der Waals surface area contributed by atoms with E-state index in [0.29, 0.717) is 6.54 Å². The summed E-state index contributed by atoms with van der Waals surface area (Å²) in [5, 5.41) is 0. The number of rotatable bonds is 3. The maximum absolute atomic E-state index is 12.0. The maximum Gasteiger partial charge on any atom is 0.410 e. The molecule has 1 heterocycles. The first-order valence-electron chi connectivity index (χ1n) is 7.18. The molecule has 1 rings (SSSR count). The van der Waals surface area contributed by atoms with Crippen LogP contribution in [-0.2, 0) is 9.53 Å².